The molecular weight excluding hydrogens is 376 g/mol. The molecule has 2 atom stereocenters. The summed E-state index contributed by atoms with van der Waals surface area (Å²) in [6.45, 7) is 2.18. The van der Waals surface area contributed by atoms with Crippen LogP contribution >= 0.6 is 0 Å². The third-order valence-corrected chi connectivity index (χ3v) is 7.51. The average Bonchev–Trinajstić information content (AvgIpc) is 3.48. The van der Waals surface area contributed by atoms with E-state index >= 15 is 0 Å². The molecule has 0 unspecified atom stereocenters. The Bertz CT molecular complexity index is 867. The number of nitrogens with one attached hydrogen (secondary N) is 1. The highest BCUT2D eigenvalue weighted by molar-refractivity contribution is 7.88. The van der Waals surface area contributed by atoms with E-state index in [0.717, 1.165) is 30.4 Å². The van der Waals surface area contributed by atoms with Gasteiger partial charge in [-0.3, -0.25) is 4.79 Å². The molecule has 2 saturated carbocycles. The molecule has 1 aromatic heterocycles. The lowest BCUT2D eigenvalue weighted by molar-refractivity contribution is -0.00837. The molecule has 0 aromatic carbocycles. The van der Waals surface area contributed by atoms with E-state index in [1.165, 1.54) is 31.9 Å². The second-order valence-electron chi connectivity index (χ2n) is 8.99. The van der Waals surface area contributed by atoms with E-state index in [1.54, 1.807) is 11.5 Å². The Morgan fingerprint density at radius 2 is 1.71 bits per heavy atom. The summed E-state index contributed by atoms with van der Waals surface area (Å²) < 4.78 is 34.6. The minimum atomic E-state index is -3.36. The zero-order chi connectivity index (χ0) is 19.9. The molecule has 0 radical (unpaired) electrons. The SMILES string of the molecule is Cc1ccc2n(c1=O)[C@H](COC1CCC(C3CC3)CC1)[C@@H](NS(C)(=O)=O)CC2. The molecule has 6 nitrogen and oxygen atoms in total. The summed E-state index contributed by atoms with van der Waals surface area (Å²) in [7, 11) is -3.36. The fraction of sp³-hybridized carbons (Fsp3) is 0.762. The van der Waals surface area contributed by atoms with Crippen molar-refractivity contribution in [3.63, 3.8) is 0 Å². The average molecular weight is 409 g/mol. The second kappa shape index (κ2) is 7.92. The Hall–Kier alpha value is -1.18. The summed E-state index contributed by atoms with van der Waals surface area (Å²) >= 11 is 0. The molecule has 0 amide bonds. The number of sulfonamides is 1. The van der Waals surface area contributed by atoms with Crippen LogP contribution in [0.1, 0.15) is 62.2 Å². The number of aryl methyl sites for hydroxylation is 2. The van der Waals surface area contributed by atoms with Gasteiger partial charge in [0.1, 0.15) is 0 Å². The minimum absolute atomic E-state index is 0.0384. The molecule has 7 heteroatoms. The van der Waals surface area contributed by atoms with Gasteiger partial charge in [0.15, 0.2) is 0 Å². The Labute approximate surface area is 167 Å². The normalized spacial score (nSPS) is 30.8. The molecular formula is C21H32N2O4S. The molecule has 0 saturated heterocycles. The van der Waals surface area contributed by atoms with Crippen molar-refractivity contribution in [2.75, 3.05) is 12.9 Å². The van der Waals surface area contributed by atoms with Crippen LogP contribution < -0.4 is 10.3 Å². The highest BCUT2D eigenvalue weighted by atomic mass is 32.2. The van der Waals surface area contributed by atoms with Crippen LogP contribution in [-0.2, 0) is 21.2 Å². The molecule has 1 N–H and O–H groups in total. The first-order valence-electron chi connectivity index (χ1n) is 10.6. The zero-order valence-electron chi connectivity index (χ0n) is 16.9. The Morgan fingerprint density at radius 3 is 2.32 bits per heavy atom. The van der Waals surface area contributed by atoms with Crippen molar-refractivity contribution >= 4 is 10.0 Å². The lowest BCUT2D eigenvalue weighted by atomic mass is 9.84. The topological polar surface area (TPSA) is 77.4 Å². The molecule has 0 bridgehead atoms. The van der Waals surface area contributed by atoms with Crippen LogP contribution in [0.5, 0.6) is 0 Å². The van der Waals surface area contributed by atoms with Crippen molar-refractivity contribution in [1.82, 2.24) is 9.29 Å². The van der Waals surface area contributed by atoms with Crippen LogP contribution in [0.3, 0.4) is 0 Å². The van der Waals surface area contributed by atoms with E-state index in [4.69, 9.17) is 4.74 Å². The number of aromatic nitrogens is 1. The summed E-state index contributed by atoms with van der Waals surface area (Å²) in [5, 5.41) is 0. The smallest absolute Gasteiger partial charge is 0.254 e. The number of pyridine rings is 1. The van der Waals surface area contributed by atoms with Crippen molar-refractivity contribution in [1.29, 1.82) is 0 Å². The zero-order valence-corrected chi connectivity index (χ0v) is 17.7. The maximum Gasteiger partial charge on any atom is 0.254 e. The monoisotopic (exact) mass is 408 g/mol. The van der Waals surface area contributed by atoms with Gasteiger partial charge in [0, 0.05) is 17.3 Å². The van der Waals surface area contributed by atoms with E-state index in [9.17, 15) is 13.2 Å². The van der Waals surface area contributed by atoms with E-state index in [2.05, 4.69) is 4.72 Å². The number of ether oxygens (including phenoxy) is 1. The quantitative estimate of drug-likeness (QED) is 0.785. The highest BCUT2D eigenvalue weighted by Gasteiger charge is 2.36. The number of hydrogen-bond donors (Lipinski definition) is 1. The number of hydrogen-bond acceptors (Lipinski definition) is 4. The lowest BCUT2D eigenvalue weighted by Crippen LogP contribution is -2.49. The molecule has 4 rings (SSSR count). The molecule has 1 aromatic rings. The molecule has 28 heavy (non-hydrogen) atoms. The maximum absolute atomic E-state index is 12.8. The summed E-state index contributed by atoms with van der Waals surface area (Å²) in [6, 6.07) is 3.23. The van der Waals surface area contributed by atoms with Gasteiger partial charge in [-0.05, 0) is 76.2 Å². The third kappa shape index (κ3) is 4.52. The first-order chi connectivity index (χ1) is 13.3. The Kier molecular flexibility index (Phi) is 5.69. The van der Waals surface area contributed by atoms with Crippen molar-refractivity contribution < 1.29 is 13.2 Å². The molecule has 3 aliphatic rings. The van der Waals surface area contributed by atoms with E-state index in [0.29, 0.717) is 25.0 Å². The van der Waals surface area contributed by atoms with Gasteiger partial charge in [0.25, 0.3) is 5.56 Å². The van der Waals surface area contributed by atoms with E-state index in [-0.39, 0.29) is 23.7 Å². The van der Waals surface area contributed by atoms with Gasteiger partial charge in [-0.25, -0.2) is 13.1 Å². The number of nitrogens with zero attached hydrogens (tertiary/aromatic N) is 1. The molecule has 1 aliphatic heterocycles. The summed E-state index contributed by atoms with van der Waals surface area (Å²) in [4.78, 5) is 12.8. The highest BCUT2D eigenvalue weighted by Crippen LogP contribution is 2.44. The van der Waals surface area contributed by atoms with Gasteiger partial charge in [-0.1, -0.05) is 6.07 Å². The van der Waals surface area contributed by atoms with Gasteiger partial charge in [0.05, 0.1) is 25.0 Å². The van der Waals surface area contributed by atoms with Crippen LogP contribution in [-0.4, -0.2) is 38.0 Å². The minimum Gasteiger partial charge on any atom is -0.376 e. The second-order valence-corrected chi connectivity index (χ2v) is 10.8. The van der Waals surface area contributed by atoms with Crippen molar-refractivity contribution in [2.45, 2.75) is 76.5 Å². The molecule has 2 fully saturated rings. The molecule has 2 heterocycles. The Balaban J connectivity index is 1.49. The van der Waals surface area contributed by atoms with Gasteiger partial charge in [-0.15, -0.1) is 0 Å². The van der Waals surface area contributed by atoms with Gasteiger partial charge < -0.3 is 9.30 Å². The van der Waals surface area contributed by atoms with E-state index in [1.807, 2.05) is 12.1 Å². The first kappa shape index (κ1) is 20.1. The van der Waals surface area contributed by atoms with Crippen LogP contribution in [0.25, 0.3) is 0 Å². The summed E-state index contributed by atoms with van der Waals surface area (Å²) in [5.41, 5.74) is 1.61. The predicted molar refractivity (Wildman–Crippen MR) is 109 cm³/mol. The van der Waals surface area contributed by atoms with Crippen LogP contribution in [0.4, 0.5) is 0 Å². The van der Waals surface area contributed by atoms with Crippen molar-refractivity contribution in [2.24, 2.45) is 11.8 Å². The largest absolute Gasteiger partial charge is 0.376 e. The first-order valence-corrected chi connectivity index (χ1v) is 12.5. The lowest BCUT2D eigenvalue weighted by Gasteiger charge is -2.37. The fourth-order valence-electron chi connectivity index (χ4n) is 5.07. The van der Waals surface area contributed by atoms with Gasteiger partial charge >= 0.3 is 0 Å². The summed E-state index contributed by atoms with van der Waals surface area (Å²) in [6.07, 6.45) is 10.2. The Morgan fingerprint density at radius 1 is 1.07 bits per heavy atom. The molecule has 2 aliphatic carbocycles. The van der Waals surface area contributed by atoms with Crippen molar-refractivity contribution in [3.05, 3.63) is 33.7 Å². The summed E-state index contributed by atoms with van der Waals surface area (Å²) in [5.74, 6) is 1.83. The maximum atomic E-state index is 12.8. The van der Waals surface area contributed by atoms with Gasteiger partial charge in [-0.2, -0.15) is 0 Å². The fourth-order valence-corrected chi connectivity index (χ4v) is 5.89. The predicted octanol–water partition coefficient (Wildman–Crippen LogP) is 2.55. The van der Waals surface area contributed by atoms with Crippen LogP contribution in [0.2, 0.25) is 0 Å². The van der Waals surface area contributed by atoms with E-state index < -0.39 is 10.0 Å². The molecule has 156 valence electrons. The third-order valence-electron chi connectivity index (χ3n) is 6.77. The standard InChI is InChI=1S/C21H32N2O4S/c1-14-3-8-17-9-12-19(22-28(2,25)26)20(23(17)21(14)24)13-27-18-10-6-16(7-11-18)15-4-5-15/h3,8,15-16,18-20,22H,4-7,9-13H2,1-2H3/t16?,18?,19-,20+/m0/s1. The van der Waals surface area contributed by atoms with Crippen LogP contribution in [0, 0.1) is 18.8 Å². The van der Waals surface area contributed by atoms with Gasteiger partial charge in [0.2, 0.25) is 10.0 Å². The molecule has 0 spiro atoms. The number of rotatable bonds is 6. The van der Waals surface area contributed by atoms with Crippen LogP contribution in [0.15, 0.2) is 16.9 Å². The van der Waals surface area contributed by atoms with Crippen molar-refractivity contribution in [3.8, 4) is 0 Å². The number of fused-ring (bicyclic) bond motifs is 1.